The molecule has 182 valence electrons. The van der Waals surface area contributed by atoms with Crippen molar-refractivity contribution in [1.82, 2.24) is 14.7 Å². The van der Waals surface area contributed by atoms with E-state index in [1.54, 1.807) is 12.0 Å². The van der Waals surface area contributed by atoms with Crippen molar-refractivity contribution in [3.63, 3.8) is 0 Å². The molecular weight excluding hydrogens is 474 g/mol. The number of methoxy groups -OCH3 is 1. The Kier molecular flexibility index (Phi) is 8.42. The zero-order valence-electron chi connectivity index (χ0n) is 20.4. The van der Waals surface area contributed by atoms with E-state index < -0.39 is 0 Å². The fraction of sp³-hybridized carbons (Fsp3) is 0.321. The molecule has 4 rings (SSSR count). The maximum Gasteiger partial charge on any atom is 0.266 e. The predicted molar refractivity (Wildman–Crippen MR) is 149 cm³/mol. The van der Waals surface area contributed by atoms with E-state index in [1.165, 1.54) is 18.2 Å². The van der Waals surface area contributed by atoms with E-state index in [0.717, 1.165) is 47.5 Å². The summed E-state index contributed by atoms with van der Waals surface area (Å²) in [5.41, 5.74) is 3.58. The molecule has 1 saturated heterocycles. The van der Waals surface area contributed by atoms with Crippen molar-refractivity contribution in [1.29, 1.82) is 0 Å². The number of ether oxygens (including phenoxy) is 1. The van der Waals surface area contributed by atoms with E-state index in [4.69, 9.17) is 22.1 Å². The first-order valence-corrected chi connectivity index (χ1v) is 13.3. The molecule has 7 heteroatoms. The number of rotatable bonds is 10. The average Bonchev–Trinajstić information content (AvgIpc) is 3.43. The smallest absolute Gasteiger partial charge is 0.266 e. The third-order valence-corrected chi connectivity index (χ3v) is 7.65. The fourth-order valence-corrected chi connectivity index (χ4v) is 5.42. The van der Waals surface area contributed by atoms with Crippen molar-refractivity contribution >= 4 is 40.3 Å². The van der Waals surface area contributed by atoms with Gasteiger partial charge in [0.25, 0.3) is 5.91 Å². The predicted octanol–water partition coefficient (Wildman–Crippen LogP) is 6.97. The molecule has 0 saturated carbocycles. The van der Waals surface area contributed by atoms with Gasteiger partial charge in [-0.3, -0.25) is 9.69 Å². The van der Waals surface area contributed by atoms with Crippen molar-refractivity contribution in [3.05, 3.63) is 71.3 Å². The molecule has 1 aliphatic heterocycles. The van der Waals surface area contributed by atoms with Gasteiger partial charge in [0.2, 0.25) is 0 Å². The largest absolute Gasteiger partial charge is 0.497 e. The molecule has 1 atom stereocenters. The van der Waals surface area contributed by atoms with Gasteiger partial charge in [-0.1, -0.05) is 75.3 Å². The van der Waals surface area contributed by atoms with Gasteiger partial charge in [-0.15, -0.1) is 0 Å². The van der Waals surface area contributed by atoms with E-state index in [-0.39, 0.29) is 5.91 Å². The fourth-order valence-electron chi connectivity index (χ4n) is 4.15. The Morgan fingerprint density at radius 3 is 2.51 bits per heavy atom. The molecule has 0 aliphatic carbocycles. The quantitative estimate of drug-likeness (QED) is 0.220. The molecular formula is C28H31N3O2S2. The standard InChI is InChI=1S/C28H31N3O2S2/c1-4-6-10-20(5-2)18-30-27(32)25(35-28(30)34)17-22-19-31(23-11-8-7-9-12-23)29-26(22)21-13-15-24(33-3)16-14-21/h7-9,11-17,19-20H,4-6,10,18H2,1-3H3/b25-17+. The van der Waals surface area contributed by atoms with Crippen molar-refractivity contribution in [2.45, 2.75) is 39.5 Å². The highest BCUT2D eigenvalue weighted by Gasteiger charge is 2.33. The molecule has 0 spiro atoms. The van der Waals surface area contributed by atoms with E-state index >= 15 is 0 Å². The lowest BCUT2D eigenvalue weighted by Crippen LogP contribution is -2.33. The summed E-state index contributed by atoms with van der Waals surface area (Å²) in [7, 11) is 1.65. The molecule has 3 aromatic rings. The summed E-state index contributed by atoms with van der Waals surface area (Å²) in [6.45, 7) is 5.07. The Hall–Kier alpha value is -2.90. The zero-order chi connectivity index (χ0) is 24.8. The normalized spacial score (nSPS) is 15.7. The summed E-state index contributed by atoms with van der Waals surface area (Å²) in [5.74, 6) is 1.24. The minimum absolute atomic E-state index is 0.0110. The Labute approximate surface area is 217 Å². The Balaban J connectivity index is 1.67. The second-order valence-electron chi connectivity index (χ2n) is 8.65. The Bertz CT molecular complexity index is 1200. The lowest BCUT2D eigenvalue weighted by molar-refractivity contribution is -0.122. The van der Waals surface area contributed by atoms with Crippen LogP contribution in [-0.4, -0.2) is 38.6 Å². The van der Waals surface area contributed by atoms with E-state index in [2.05, 4.69) is 13.8 Å². The Morgan fingerprint density at radius 2 is 1.86 bits per heavy atom. The van der Waals surface area contributed by atoms with Crippen LogP contribution in [-0.2, 0) is 4.79 Å². The number of benzene rings is 2. The molecule has 5 nitrogen and oxygen atoms in total. The molecule has 35 heavy (non-hydrogen) atoms. The SMILES string of the molecule is CCCCC(CC)CN1C(=O)/C(=C\c2cn(-c3ccccc3)nc2-c2ccc(OC)cc2)SC1=S. The van der Waals surface area contributed by atoms with Gasteiger partial charge in [0.05, 0.1) is 23.4 Å². The summed E-state index contributed by atoms with van der Waals surface area (Å²) >= 11 is 7.00. The molecule has 1 amide bonds. The van der Waals surface area contributed by atoms with Gasteiger partial charge in [-0.25, -0.2) is 4.68 Å². The van der Waals surface area contributed by atoms with E-state index in [9.17, 15) is 4.79 Å². The molecule has 0 N–H and O–H groups in total. The molecule has 0 bridgehead atoms. The first kappa shape index (κ1) is 25.2. The third kappa shape index (κ3) is 5.85. The molecule has 1 unspecified atom stereocenters. The van der Waals surface area contributed by atoms with Crippen LogP contribution in [0.1, 0.15) is 45.1 Å². The zero-order valence-corrected chi connectivity index (χ0v) is 22.1. The number of para-hydroxylation sites is 1. The number of unbranched alkanes of at least 4 members (excludes halogenated alkanes) is 1. The molecule has 1 aliphatic rings. The molecule has 2 heterocycles. The number of nitrogens with zero attached hydrogens (tertiary/aromatic N) is 3. The highest BCUT2D eigenvalue weighted by Crippen LogP contribution is 2.36. The third-order valence-electron chi connectivity index (χ3n) is 6.27. The van der Waals surface area contributed by atoms with E-state index in [0.29, 0.717) is 21.7 Å². The summed E-state index contributed by atoms with van der Waals surface area (Å²) in [6, 6.07) is 17.8. The second-order valence-corrected chi connectivity index (χ2v) is 10.3. The van der Waals surface area contributed by atoms with Crippen LogP contribution in [0.25, 0.3) is 23.0 Å². The Morgan fingerprint density at radius 1 is 1.11 bits per heavy atom. The molecule has 1 fully saturated rings. The number of hydrogen-bond donors (Lipinski definition) is 0. The summed E-state index contributed by atoms with van der Waals surface area (Å²) in [4.78, 5) is 15.8. The van der Waals surface area contributed by atoms with Crippen molar-refractivity contribution < 1.29 is 9.53 Å². The van der Waals surface area contributed by atoms with Crippen LogP contribution in [0.4, 0.5) is 0 Å². The number of thiocarbonyl (C=S) groups is 1. The lowest BCUT2D eigenvalue weighted by Gasteiger charge is -2.21. The lowest BCUT2D eigenvalue weighted by atomic mass is 9.99. The molecule has 0 radical (unpaired) electrons. The van der Waals surface area contributed by atoms with Gasteiger partial charge in [0, 0.05) is 23.9 Å². The number of amides is 1. The van der Waals surface area contributed by atoms with Crippen LogP contribution in [0.2, 0.25) is 0 Å². The number of aromatic nitrogens is 2. The van der Waals surface area contributed by atoms with Crippen LogP contribution in [0, 0.1) is 5.92 Å². The van der Waals surface area contributed by atoms with Crippen LogP contribution in [0.15, 0.2) is 65.7 Å². The number of hydrogen-bond acceptors (Lipinski definition) is 5. The monoisotopic (exact) mass is 505 g/mol. The van der Waals surface area contributed by atoms with Gasteiger partial charge >= 0.3 is 0 Å². The van der Waals surface area contributed by atoms with Crippen LogP contribution < -0.4 is 4.74 Å². The first-order valence-electron chi connectivity index (χ1n) is 12.1. The van der Waals surface area contributed by atoms with E-state index in [1.807, 2.05) is 71.6 Å². The topological polar surface area (TPSA) is 47.4 Å². The van der Waals surface area contributed by atoms with Gasteiger partial charge < -0.3 is 4.74 Å². The maximum absolute atomic E-state index is 13.4. The summed E-state index contributed by atoms with van der Waals surface area (Å²) < 4.78 is 7.80. The number of thioether (sulfide) groups is 1. The van der Waals surface area contributed by atoms with Gasteiger partial charge in [-0.05, 0) is 54.8 Å². The minimum Gasteiger partial charge on any atom is -0.497 e. The number of carbonyl (C=O) groups excluding carboxylic acids is 1. The average molecular weight is 506 g/mol. The van der Waals surface area contributed by atoms with Crippen LogP contribution in [0.5, 0.6) is 5.75 Å². The summed E-state index contributed by atoms with van der Waals surface area (Å²) in [6.07, 6.45) is 8.40. The van der Waals surface area contributed by atoms with Gasteiger partial charge in [-0.2, -0.15) is 5.10 Å². The number of carbonyl (C=O) groups is 1. The second kappa shape index (κ2) is 11.7. The highest BCUT2D eigenvalue weighted by molar-refractivity contribution is 8.26. The molecule has 1 aromatic heterocycles. The first-order chi connectivity index (χ1) is 17.0. The minimum atomic E-state index is -0.0110. The summed E-state index contributed by atoms with van der Waals surface area (Å²) in [5, 5.41) is 4.87. The van der Waals surface area contributed by atoms with Gasteiger partial charge in [0.15, 0.2) is 0 Å². The van der Waals surface area contributed by atoms with Crippen LogP contribution in [0.3, 0.4) is 0 Å². The van der Waals surface area contributed by atoms with Crippen molar-refractivity contribution in [2.75, 3.05) is 13.7 Å². The highest BCUT2D eigenvalue weighted by atomic mass is 32.2. The van der Waals surface area contributed by atoms with Crippen molar-refractivity contribution in [2.24, 2.45) is 5.92 Å². The maximum atomic E-state index is 13.4. The van der Waals surface area contributed by atoms with Crippen LogP contribution >= 0.6 is 24.0 Å². The van der Waals surface area contributed by atoms with Gasteiger partial charge in [0.1, 0.15) is 10.1 Å². The molecule has 2 aromatic carbocycles. The van der Waals surface area contributed by atoms with Crippen molar-refractivity contribution in [3.8, 4) is 22.7 Å².